The number of thiazole rings is 1. The van der Waals surface area contributed by atoms with Crippen molar-refractivity contribution in [1.29, 1.82) is 0 Å². The van der Waals surface area contributed by atoms with Crippen molar-refractivity contribution in [3.05, 3.63) is 48.0 Å². The smallest absolute Gasteiger partial charge is 0.242 e. The first-order valence-electron chi connectivity index (χ1n) is 9.06. The SMILES string of the molecule is Cc1ccc2nc(-c3ccc(NC(=O)[C@@H]4CCCN4S(C)(=O)=O)cc3)sc2c1. The summed E-state index contributed by atoms with van der Waals surface area (Å²) in [6.07, 6.45) is 2.39. The van der Waals surface area contributed by atoms with Gasteiger partial charge in [-0.25, -0.2) is 13.4 Å². The standard InChI is InChI=1S/C20H21N3O3S2/c1-13-5-10-16-18(12-13)27-20(22-16)14-6-8-15(9-7-14)21-19(24)17-4-3-11-23(17)28(2,25)26/h5-10,12,17H,3-4,11H2,1-2H3,(H,21,24)/t17-/m0/s1. The molecule has 0 spiro atoms. The summed E-state index contributed by atoms with van der Waals surface area (Å²) in [5.41, 5.74) is 3.81. The lowest BCUT2D eigenvalue weighted by Gasteiger charge is -2.21. The number of carbonyl (C=O) groups excluding carboxylic acids is 1. The maximum Gasteiger partial charge on any atom is 0.242 e. The minimum Gasteiger partial charge on any atom is -0.325 e. The average Bonchev–Trinajstić information content (AvgIpc) is 3.28. The van der Waals surface area contributed by atoms with Gasteiger partial charge in [-0.1, -0.05) is 6.07 Å². The molecule has 8 heteroatoms. The molecule has 4 rings (SSSR count). The summed E-state index contributed by atoms with van der Waals surface area (Å²) in [5.74, 6) is -0.286. The van der Waals surface area contributed by atoms with Crippen LogP contribution in [0.1, 0.15) is 18.4 Å². The van der Waals surface area contributed by atoms with Gasteiger partial charge in [0.2, 0.25) is 15.9 Å². The topological polar surface area (TPSA) is 79.4 Å². The fraction of sp³-hybridized carbons (Fsp3) is 0.300. The Morgan fingerprint density at radius 3 is 2.68 bits per heavy atom. The molecule has 6 nitrogen and oxygen atoms in total. The van der Waals surface area contributed by atoms with E-state index in [1.165, 1.54) is 9.87 Å². The second-order valence-electron chi connectivity index (χ2n) is 7.09. The third-order valence-electron chi connectivity index (χ3n) is 4.88. The molecule has 0 unspecified atom stereocenters. The molecule has 0 aliphatic carbocycles. The van der Waals surface area contributed by atoms with Crippen LogP contribution in [0, 0.1) is 6.92 Å². The van der Waals surface area contributed by atoms with Crippen LogP contribution in [0.4, 0.5) is 5.69 Å². The number of benzene rings is 2. The van der Waals surface area contributed by atoms with Gasteiger partial charge in [-0.05, 0) is 61.7 Å². The minimum absolute atomic E-state index is 0.286. The van der Waals surface area contributed by atoms with Gasteiger partial charge in [-0.2, -0.15) is 4.31 Å². The number of fused-ring (bicyclic) bond motifs is 1. The molecule has 0 bridgehead atoms. The van der Waals surface area contributed by atoms with Crippen LogP contribution in [0.5, 0.6) is 0 Å². The number of hydrogen-bond donors (Lipinski definition) is 1. The molecule has 2 aromatic carbocycles. The van der Waals surface area contributed by atoms with E-state index in [1.54, 1.807) is 11.3 Å². The third-order valence-corrected chi connectivity index (χ3v) is 7.23. The number of sulfonamides is 1. The minimum atomic E-state index is -3.38. The van der Waals surface area contributed by atoms with Crippen LogP contribution in [0.3, 0.4) is 0 Å². The first kappa shape index (κ1) is 19.0. The van der Waals surface area contributed by atoms with Gasteiger partial charge < -0.3 is 5.32 Å². The molecule has 1 aromatic heterocycles. The van der Waals surface area contributed by atoms with Crippen molar-refractivity contribution in [2.24, 2.45) is 0 Å². The molecular weight excluding hydrogens is 394 g/mol. The summed E-state index contributed by atoms with van der Waals surface area (Å²) in [5, 5.41) is 3.76. The van der Waals surface area contributed by atoms with Gasteiger partial charge in [0.05, 0.1) is 16.5 Å². The Morgan fingerprint density at radius 1 is 1.21 bits per heavy atom. The Balaban J connectivity index is 1.50. The Morgan fingerprint density at radius 2 is 1.96 bits per heavy atom. The van der Waals surface area contributed by atoms with Crippen LogP contribution >= 0.6 is 11.3 Å². The van der Waals surface area contributed by atoms with Gasteiger partial charge in [0, 0.05) is 17.8 Å². The maximum absolute atomic E-state index is 12.5. The van der Waals surface area contributed by atoms with Crippen LogP contribution in [-0.4, -0.2) is 42.5 Å². The predicted octanol–water partition coefficient (Wildman–Crippen LogP) is 3.63. The molecule has 1 fully saturated rings. The van der Waals surface area contributed by atoms with Gasteiger partial charge >= 0.3 is 0 Å². The molecule has 1 aliphatic rings. The maximum atomic E-state index is 12.5. The van der Waals surface area contributed by atoms with E-state index >= 15 is 0 Å². The summed E-state index contributed by atoms with van der Waals surface area (Å²) in [6.45, 7) is 2.46. The normalized spacial score (nSPS) is 17.9. The summed E-state index contributed by atoms with van der Waals surface area (Å²) in [4.78, 5) is 17.2. The second kappa shape index (κ2) is 7.27. The van der Waals surface area contributed by atoms with E-state index in [0.29, 0.717) is 25.1 Å². The highest BCUT2D eigenvalue weighted by Gasteiger charge is 2.36. The number of nitrogens with one attached hydrogen (secondary N) is 1. The Labute approximate surface area is 168 Å². The molecule has 0 saturated carbocycles. The van der Waals surface area contributed by atoms with Crippen LogP contribution in [0.25, 0.3) is 20.8 Å². The van der Waals surface area contributed by atoms with E-state index in [0.717, 1.165) is 27.0 Å². The van der Waals surface area contributed by atoms with Crippen LogP contribution in [0.2, 0.25) is 0 Å². The number of hydrogen-bond acceptors (Lipinski definition) is 5. The molecular formula is C20H21N3O3S2. The number of rotatable bonds is 4. The zero-order chi connectivity index (χ0) is 19.9. The molecule has 1 N–H and O–H groups in total. The van der Waals surface area contributed by atoms with E-state index in [-0.39, 0.29) is 5.91 Å². The van der Waals surface area contributed by atoms with Crippen molar-refractivity contribution >= 4 is 43.2 Å². The first-order chi connectivity index (χ1) is 13.3. The second-order valence-corrected chi connectivity index (χ2v) is 10.1. The number of aromatic nitrogens is 1. The molecule has 1 atom stereocenters. The summed E-state index contributed by atoms with van der Waals surface area (Å²) in [6, 6.07) is 13.0. The lowest BCUT2D eigenvalue weighted by Crippen LogP contribution is -2.42. The van der Waals surface area contributed by atoms with E-state index in [4.69, 9.17) is 0 Å². The van der Waals surface area contributed by atoms with Crippen LogP contribution in [0.15, 0.2) is 42.5 Å². The molecule has 1 amide bonds. The number of nitrogens with zero attached hydrogens (tertiary/aromatic N) is 2. The molecule has 28 heavy (non-hydrogen) atoms. The van der Waals surface area contributed by atoms with E-state index in [1.807, 2.05) is 36.4 Å². The fourth-order valence-corrected chi connectivity index (χ4v) is 5.67. The van der Waals surface area contributed by atoms with Gasteiger partial charge in [0.1, 0.15) is 11.0 Å². The monoisotopic (exact) mass is 415 g/mol. The highest BCUT2D eigenvalue weighted by atomic mass is 32.2. The highest BCUT2D eigenvalue weighted by molar-refractivity contribution is 7.88. The van der Waals surface area contributed by atoms with E-state index in [9.17, 15) is 13.2 Å². The third kappa shape index (κ3) is 3.80. The molecule has 3 aromatic rings. The van der Waals surface area contributed by atoms with Gasteiger partial charge in [0.25, 0.3) is 0 Å². The van der Waals surface area contributed by atoms with Crippen molar-refractivity contribution in [3.8, 4) is 10.6 Å². The summed E-state index contributed by atoms with van der Waals surface area (Å²) in [7, 11) is -3.38. The zero-order valence-corrected chi connectivity index (χ0v) is 17.3. The average molecular weight is 416 g/mol. The first-order valence-corrected chi connectivity index (χ1v) is 11.7. The quantitative estimate of drug-likeness (QED) is 0.706. The predicted molar refractivity (Wildman–Crippen MR) is 113 cm³/mol. The summed E-state index contributed by atoms with van der Waals surface area (Å²) >= 11 is 1.64. The van der Waals surface area contributed by atoms with Crippen molar-refractivity contribution < 1.29 is 13.2 Å². The van der Waals surface area contributed by atoms with Crippen molar-refractivity contribution in [1.82, 2.24) is 9.29 Å². The van der Waals surface area contributed by atoms with Crippen LogP contribution < -0.4 is 5.32 Å². The number of carbonyl (C=O) groups is 1. The Kier molecular flexibility index (Phi) is 4.95. The number of aryl methyl sites for hydroxylation is 1. The Bertz CT molecular complexity index is 1140. The van der Waals surface area contributed by atoms with Crippen LogP contribution in [-0.2, 0) is 14.8 Å². The number of amides is 1. The number of anilines is 1. The Hall–Kier alpha value is -2.29. The zero-order valence-electron chi connectivity index (χ0n) is 15.7. The van der Waals surface area contributed by atoms with Gasteiger partial charge in [-0.15, -0.1) is 11.3 Å². The molecule has 2 heterocycles. The van der Waals surface area contributed by atoms with E-state index < -0.39 is 16.1 Å². The van der Waals surface area contributed by atoms with Gasteiger partial charge in [0.15, 0.2) is 0 Å². The van der Waals surface area contributed by atoms with Crippen molar-refractivity contribution in [2.75, 3.05) is 18.1 Å². The molecule has 1 saturated heterocycles. The molecule has 1 aliphatic heterocycles. The molecule has 146 valence electrons. The van der Waals surface area contributed by atoms with E-state index in [2.05, 4.69) is 23.3 Å². The van der Waals surface area contributed by atoms with Gasteiger partial charge in [-0.3, -0.25) is 4.79 Å². The highest BCUT2D eigenvalue weighted by Crippen LogP contribution is 2.31. The molecule has 0 radical (unpaired) electrons. The lowest BCUT2D eigenvalue weighted by atomic mass is 10.2. The summed E-state index contributed by atoms with van der Waals surface area (Å²) < 4.78 is 26.1. The largest absolute Gasteiger partial charge is 0.325 e. The van der Waals surface area contributed by atoms with Crippen molar-refractivity contribution in [3.63, 3.8) is 0 Å². The lowest BCUT2D eigenvalue weighted by molar-refractivity contribution is -0.119. The van der Waals surface area contributed by atoms with Crippen molar-refractivity contribution in [2.45, 2.75) is 25.8 Å². The fourth-order valence-electron chi connectivity index (χ4n) is 3.48.